The molecule has 0 heterocycles. The van der Waals surface area contributed by atoms with Crippen LogP contribution in [0.1, 0.15) is 0 Å². The van der Waals surface area contributed by atoms with Crippen molar-refractivity contribution in [3.05, 3.63) is 49.1 Å². The Morgan fingerprint density at radius 2 is 1.19 bits per heavy atom. The van der Waals surface area contributed by atoms with E-state index in [9.17, 15) is 4.79 Å². The molecule has 0 amide bonds. The first-order valence-corrected chi connectivity index (χ1v) is 3.51. The van der Waals surface area contributed by atoms with Crippen LogP contribution in [0.3, 0.4) is 0 Å². The number of ether oxygens (including phenoxy) is 1. The van der Waals surface area contributed by atoms with Gasteiger partial charge in [0.15, 0.2) is 0 Å². The first kappa shape index (κ1) is 29.2. The molecule has 0 aromatic heterocycles. The fraction of sp³-hybridized carbons (Fsp3) is 0.100. The number of methoxy groups -OCH3 is 1. The van der Waals surface area contributed by atoms with Crippen LogP contribution >= 0.6 is 0 Å². The van der Waals surface area contributed by atoms with E-state index in [4.69, 9.17) is 0 Å². The molecule has 0 unspecified atom stereocenters. The maximum Gasteiger partial charge on any atom is 0.329 e. The topological polar surface area (TPSA) is 26.3 Å². The molecule has 16 heavy (non-hydrogen) atoms. The Kier molecular flexibility index (Phi) is 42.4. The van der Waals surface area contributed by atoms with Crippen molar-refractivity contribution in [1.29, 1.82) is 0 Å². The van der Waals surface area contributed by atoms with Crippen molar-refractivity contribution in [2.24, 2.45) is 0 Å². The summed E-state index contributed by atoms with van der Waals surface area (Å²) in [7, 11) is 1.31. The van der Waals surface area contributed by atoms with Crippen LogP contribution in [0.25, 0.3) is 0 Å². The lowest BCUT2D eigenvalue weighted by Gasteiger charge is -1.83. The predicted octanol–water partition coefficient (Wildman–Crippen LogP) is 2.64. The highest BCUT2D eigenvalue weighted by atomic mass is 19.0. The van der Waals surface area contributed by atoms with Gasteiger partial charge < -0.3 is 4.74 Å². The highest BCUT2D eigenvalue weighted by Crippen LogP contribution is 1.79. The molecule has 6 heteroatoms. The van der Waals surface area contributed by atoms with Gasteiger partial charge in [0.2, 0.25) is 0 Å². The molecule has 0 N–H and O–H groups in total. The van der Waals surface area contributed by atoms with Crippen molar-refractivity contribution < 1.29 is 28.3 Å². The minimum atomic E-state index is -0.394. The summed E-state index contributed by atoms with van der Waals surface area (Å²) in [5.41, 5.74) is 0. The van der Waals surface area contributed by atoms with Gasteiger partial charge in [-0.05, 0) is 0 Å². The SMILES string of the molecule is C=CC(=O)OC.F.F.F.F.c1ccccc1. The molecule has 0 aliphatic rings. The summed E-state index contributed by atoms with van der Waals surface area (Å²) in [5, 5.41) is 0. The second kappa shape index (κ2) is 23.2. The highest BCUT2D eigenvalue weighted by Gasteiger charge is 1.81. The molecule has 1 aromatic rings. The zero-order chi connectivity index (χ0) is 9.23. The zero-order valence-corrected chi connectivity index (χ0v) is 8.70. The Morgan fingerprint density at radius 1 is 0.938 bits per heavy atom. The molecule has 0 bridgehead atoms. The molecular formula is C10H16F4O2. The van der Waals surface area contributed by atoms with E-state index in [1.807, 2.05) is 36.4 Å². The van der Waals surface area contributed by atoms with Gasteiger partial charge in [-0.15, -0.1) is 0 Å². The van der Waals surface area contributed by atoms with Crippen molar-refractivity contribution >= 4 is 5.97 Å². The van der Waals surface area contributed by atoms with Gasteiger partial charge in [-0.25, -0.2) is 4.79 Å². The van der Waals surface area contributed by atoms with Gasteiger partial charge in [-0.3, -0.25) is 18.8 Å². The molecule has 0 aliphatic heterocycles. The summed E-state index contributed by atoms with van der Waals surface area (Å²) < 4.78 is 4.14. The zero-order valence-electron chi connectivity index (χ0n) is 8.70. The van der Waals surface area contributed by atoms with Gasteiger partial charge >= 0.3 is 5.97 Å². The number of rotatable bonds is 1. The number of hydrogen-bond acceptors (Lipinski definition) is 2. The molecule has 1 aromatic carbocycles. The van der Waals surface area contributed by atoms with Crippen LogP contribution in [0.15, 0.2) is 49.1 Å². The van der Waals surface area contributed by atoms with E-state index in [0.717, 1.165) is 6.08 Å². The molecule has 96 valence electrons. The first-order valence-electron chi connectivity index (χ1n) is 3.51. The van der Waals surface area contributed by atoms with Gasteiger partial charge in [0.05, 0.1) is 7.11 Å². The Hall–Kier alpha value is -1.85. The van der Waals surface area contributed by atoms with Crippen LogP contribution in [0.2, 0.25) is 0 Å². The molecular weight excluding hydrogens is 228 g/mol. The van der Waals surface area contributed by atoms with Gasteiger partial charge in [-0.1, -0.05) is 43.0 Å². The smallest absolute Gasteiger partial charge is 0.329 e. The van der Waals surface area contributed by atoms with Crippen molar-refractivity contribution in [1.82, 2.24) is 0 Å². The Labute approximate surface area is 91.4 Å². The van der Waals surface area contributed by atoms with E-state index < -0.39 is 5.97 Å². The van der Waals surface area contributed by atoms with E-state index in [0.29, 0.717) is 0 Å². The van der Waals surface area contributed by atoms with Crippen LogP contribution in [-0.2, 0) is 9.53 Å². The molecule has 0 saturated carbocycles. The summed E-state index contributed by atoms with van der Waals surface area (Å²) >= 11 is 0. The fourth-order valence-electron chi connectivity index (χ4n) is 0.468. The number of hydrogen-bond donors (Lipinski definition) is 0. The van der Waals surface area contributed by atoms with Crippen molar-refractivity contribution in [3.63, 3.8) is 0 Å². The van der Waals surface area contributed by atoms with E-state index in [-0.39, 0.29) is 18.8 Å². The second-order valence-corrected chi connectivity index (χ2v) is 1.88. The normalized spacial score (nSPS) is 5.56. The van der Waals surface area contributed by atoms with E-state index in [1.54, 1.807) is 0 Å². The van der Waals surface area contributed by atoms with Crippen LogP contribution in [0, 0.1) is 0 Å². The monoisotopic (exact) mass is 244 g/mol. The molecule has 0 radical (unpaired) electrons. The van der Waals surface area contributed by atoms with Crippen LogP contribution in [-0.4, -0.2) is 13.1 Å². The molecule has 0 aliphatic carbocycles. The summed E-state index contributed by atoms with van der Waals surface area (Å²) in [6.45, 7) is 3.16. The average Bonchev–Trinajstić information content (AvgIpc) is 2.20. The molecule has 0 spiro atoms. The lowest BCUT2D eigenvalue weighted by atomic mass is 10.4. The third-order valence-electron chi connectivity index (χ3n) is 1.03. The Balaban J connectivity index is -0.0000000403. The van der Waals surface area contributed by atoms with Crippen molar-refractivity contribution in [3.8, 4) is 0 Å². The quantitative estimate of drug-likeness (QED) is 0.431. The molecule has 2 nitrogen and oxygen atoms in total. The molecule has 0 saturated heterocycles. The summed E-state index contributed by atoms with van der Waals surface area (Å²) in [6, 6.07) is 12.0. The van der Waals surface area contributed by atoms with Crippen molar-refractivity contribution in [2.75, 3.05) is 7.11 Å². The van der Waals surface area contributed by atoms with Crippen LogP contribution in [0.5, 0.6) is 0 Å². The Bertz CT molecular complexity index is 203. The maximum atomic E-state index is 9.84. The summed E-state index contributed by atoms with van der Waals surface area (Å²) in [5.74, 6) is -0.394. The summed E-state index contributed by atoms with van der Waals surface area (Å²) in [6.07, 6.45) is 1.11. The van der Waals surface area contributed by atoms with Gasteiger partial charge in [-0.2, -0.15) is 0 Å². The largest absolute Gasteiger partial charge is 0.466 e. The fourth-order valence-corrected chi connectivity index (χ4v) is 0.468. The predicted molar refractivity (Wildman–Crippen MR) is 58.7 cm³/mol. The molecule has 0 atom stereocenters. The number of carbonyl (C=O) groups is 1. The van der Waals surface area contributed by atoms with Crippen LogP contribution < -0.4 is 0 Å². The lowest BCUT2D eigenvalue weighted by molar-refractivity contribution is -0.134. The molecule has 0 fully saturated rings. The minimum absolute atomic E-state index is 0. The van der Waals surface area contributed by atoms with E-state index in [2.05, 4.69) is 11.3 Å². The van der Waals surface area contributed by atoms with Crippen molar-refractivity contribution in [2.45, 2.75) is 0 Å². The number of halogens is 4. The number of esters is 1. The third kappa shape index (κ3) is 22.7. The third-order valence-corrected chi connectivity index (χ3v) is 1.03. The van der Waals surface area contributed by atoms with Gasteiger partial charge in [0, 0.05) is 6.08 Å². The number of benzene rings is 1. The average molecular weight is 244 g/mol. The van der Waals surface area contributed by atoms with E-state index in [1.165, 1.54) is 7.11 Å². The van der Waals surface area contributed by atoms with Gasteiger partial charge in [0.1, 0.15) is 0 Å². The highest BCUT2D eigenvalue weighted by molar-refractivity contribution is 5.80. The maximum absolute atomic E-state index is 9.84. The van der Waals surface area contributed by atoms with E-state index >= 15 is 0 Å². The standard InChI is InChI=1S/C6H6.C4H6O2.4FH/c1-2-4-6-5-3-1;1-3-4(5)6-2;;;;/h1-6H;3H,1H2,2H3;4*1H. The number of carbonyl (C=O) groups excluding carboxylic acids is 1. The van der Waals surface area contributed by atoms with Crippen LogP contribution in [0.4, 0.5) is 18.8 Å². The lowest BCUT2D eigenvalue weighted by Crippen LogP contribution is -1.91. The Morgan fingerprint density at radius 3 is 1.25 bits per heavy atom. The van der Waals surface area contributed by atoms with Gasteiger partial charge in [0.25, 0.3) is 0 Å². The minimum Gasteiger partial charge on any atom is -0.466 e. The first-order chi connectivity index (χ1) is 5.81. The summed E-state index contributed by atoms with van der Waals surface area (Å²) in [4.78, 5) is 9.84. The second-order valence-electron chi connectivity index (χ2n) is 1.88. The molecule has 1 rings (SSSR count).